The van der Waals surface area contributed by atoms with Crippen LogP contribution >= 0.6 is 0 Å². The van der Waals surface area contributed by atoms with Gasteiger partial charge in [0.1, 0.15) is 0 Å². The first-order valence-electron chi connectivity index (χ1n) is 9.50. The van der Waals surface area contributed by atoms with Gasteiger partial charge in [0.2, 0.25) is 0 Å². The summed E-state index contributed by atoms with van der Waals surface area (Å²) in [6.07, 6.45) is 0.452. The van der Waals surface area contributed by atoms with E-state index in [0.717, 1.165) is 48.9 Å². The lowest BCUT2D eigenvalue weighted by Crippen LogP contribution is -2.47. The molecule has 0 aromatic heterocycles. The molecule has 0 aliphatic carbocycles. The number of rotatable bonds is 10. The highest BCUT2D eigenvalue weighted by Crippen LogP contribution is 2.29. The Morgan fingerprint density at radius 1 is 0.679 bits per heavy atom. The third-order valence-corrected chi connectivity index (χ3v) is 5.03. The molecule has 4 N–H and O–H groups in total. The van der Waals surface area contributed by atoms with Crippen LogP contribution < -0.4 is 5.73 Å². The summed E-state index contributed by atoms with van der Waals surface area (Å²) in [5.41, 5.74) is 7.55. The van der Waals surface area contributed by atoms with Crippen molar-refractivity contribution in [2.24, 2.45) is 5.73 Å². The minimum atomic E-state index is -4.29. The summed E-state index contributed by atoms with van der Waals surface area (Å²) in [7, 11) is 0. The van der Waals surface area contributed by atoms with Crippen LogP contribution in [0, 0.1) is 0 Å². The Bertz CT molecular complexity index is 708. The number of nitrogens with two attached hydrogens (primary N) is 1. The first-order valence-corrected chi connectivity index (χ1v) is 9.50. The van der Waals surface area contributed by atoms with Gasteiger partial charge in [0, 0.05) is 0 Å². The minimum Gasteiger partial charge on any atom is -0.394 e. The minimum absolute atomic E-state index is 0.249. The van der Waals surface area contributed by atoms with Crippen LogP contribution in [0.1, 0.15) is 41.5 Å². The van der Waals surface area contributed by atoms with Crippen LogP contribution in [0.3, 0.4) is 0 Å². The zero-order valence-corrected chi connectivity index (χ0v) is 15.9. The molecule has 0 fully saturated rings. The van der Waals surface area contributed by atoms with Gasteiger partial charge in [0.05, 0.1) is 24.3 Å². The molecule has 0 bridgehead atoms. The fraction of sp³-hybridized carbons (Fsp3) is 0.455. The molecule has 3 nitrogen and oxygen atoms in total. The van der Waals surface area contributed by atoms with Gasteiger partial charge in [-0.3, -0.25) is 0 Å². The van der Waals surface area contributed by atoms with Crippen LogP contribution in [-0.2, 0) is 25.4 Å². The smallest absolute Gasteiger partial charge is 0.394 e. The summed E-state index contributed by atoms with van der Waals surface area (Å²) in [6.45, 7) is -0.499. The van der Waals surface area contributed by atoms with Crippen LogP contribution in [0.25, 0.3) is 0 Å². The number of alkyl halides is 3. The monoisotopic (exact) mass is 395 g/mol. The zero-order valence-electron chi connectivity index (χ0n) is 15.9. The molecule has 0 amide bonds. The van der Waals surface area contributed by atoms with Crippen molar-refractivity contribution in [3.8, 4) is 0 Å². The molecule has 2 aromatic rings. The lowest BCUT2D eigenvalue weighted by atomic mass is 9.93. The largest absolute Gasteiger partial charge is 0.416 e. The van der Waals surface area contributed by atoms with Crippen LogP contribution in [0.5, 0.6) is 0 Å². The van der Waals surface area contributed by atoms with Crippen molar-refractivity contribution in [2.45, 2.75) is 50.2 Å². The maximum atomic E-state index is 12.6. The van der Waals surface area contributed by atoms with E-state index in [1.807, 2.05) is 12.1 Å². The Morgan fingerprint density at radius 2 is 1.07 bits per heavy atom. The van der Waals surface area contributed by atoms with E-state index in [2.05, 4.69) is 12.1 Å². The van der Waals surface area contributed by atoms with Gasteiger partial charge in [0.25, 0.3) is 0 Å². The molecular weight excluding hydrogens is 367 g/mol. The zero-order chi connectivity index (χ0) is 20.6. The van der Waals surface area contributed by atoms with Gasteiger partial charge in [-0.15, -0.1) is 0 Å². The summed E-state index contributed by atoms with van der Waals surface area (Å²) >= 11 is 0. The number of unbranched alkanes of at least 4 members (excludes halogenated alkanes) is 1. The van der Waals surface area contributed by atoms with Crippen LogP contribution in [0.2, 0.25) is 0 Å². The Morgan fingerprint density at radius 3 is 1.46 bits per heavy atom. The molecule has 0 radical (unpaired) electrons. The van der Waals surface area contributed by atoms with E-state index in [4.69, 9.17) is 5.73 Å². The highest BCUT2D eigenvalue weighted by atomic mass is 19.4. The average Bonchev–Trinajstić information content (AvgIpc) is 2.70. The van der Waals surface area contributed by atoms with Gasteiger partial charge in [-0.25, -0.2) is 0 Å². The van der Waals surface area contributed by atoms with E-state index >= 15 is 0 Å². The van der Waals surface area contributed by atoms with E-state index in [9.17, 15) is 23.4 Å². The number of halogens is 3. The van der Waals surface area contributed by atoms with Crippen molar-refractivity contribution < 1.29 is 23.4 Å². The highest BCUT2D eigenvalue weighted by Gasteiger charge is 2.29. The topological polar surface area (TPSA) is 66.5 Å². The van der Waals surface area contributed by atoms with Crippen LogP contribution in [0.4, 0.5) is 13.2 Å². The Hall–Kier alpha value is -1.89. The molecule has 0 heterocycles. The lowest BCUT2D eigenvalue weighted by molar-refractivity contribution is -0.137. The summed E-state index contributed by atoms with van der Waals surface area (Å²) < 4.78 is 37.7. The van der Waals surface area contributed by atoms with Gasteiger partial charge in [-0.1, -0.05) is 36.4 Å². The molecule has 154 valence electrons. The van der Waals surface area contributed by atoms with E-state index < -0.39 is 17.3 Å². The number of hydrogen-bond acceptors (Lipinski definition) is 3. The summed E-state index contributed by atoms with van der Waals surface area (Å²) in [5, 5.41) is 18.4. The van der Waals surface area contributed by atoms with Crippen molar-refractivity contribution >= 4 is 0 Å². The molecule has 2 aromatic carbocycles. The van der Waals surface area contributed by atoms with Crippen molar-refractivity contribution in [1.82, 2.24) is 0 Å². The third-order valence-electron chi connectivity index (χ3n) is 5.03. The molecule has 0 atom stereocenters. The van der Waals surface area contributed by atoms with Gasteiger partial charge < -0.3 is 15.9 Å². The van der Waals surface area contributed by atoms with Crippen molar-refractivity contribution in [1.29, 1.82) is 0 Å². The number of aryl methyl sites for hydroxylation is 3. The second kappa shape index (κ2) is 10.0. The van der Waals surface area contributed by atoms with E-state index in [0.29, 0.717) is 12.8 Å². The third kappa shape index (κ3) is 6.93. The van der Waals surface area contributed by atoms with Gasteiger partial charge >= 0.3 is 6.18 Å². The fourth-order valence-corrected chi connectivity index (χ4v) is 2.99. The maximum absolute atomic E-state index is 12.6. The summed E-state index contributed by atoms with van der Waals surface area (Å²) in [4.78, 5) is 0. The summed E-state index contributed by atoms with van der Waals surface area (Å²) in [6, 6.07) is 13.5. The Balaban J connectivity index is 1.73. The van der Waals surface area contributed by atoms with E-state index in [1.165, 1.54) is 5.56 Å². The SMILES string of the molecule is NC(CO)(CO)CCc1ccc(CCCCc2ccc(C(F)(F)F)cc2)cc1. The molecule has 0 unspecified atom stereocenters. The van der Waals surface area contributed by atoms with E-state index in [1.54, 1.807) is 12.1 Å². The van der Waals surface area contributed by atoms with Gasteiger partial charge in [0.15, 0.2) is 0 Å². The predicted octanol–water partition coefficient (Wildman–Crippen LogP) is 3.89. The summed E-state index contributed by atoms with van der Waals surface area (Å²) in [5.74, 6) is 0. The number of hydrogen-bond donors (Lipinski definition) is 3. The van der Waals surface area contributed by atoms with Crippen LogP contribution in [-0.4, -0.2) is 29.0 Å². The van der Waals surface area contributed by atoms with Crippen molar-refractivity contribution in [3.05, 3.63) is 70.8 Å². The quantitative estimate of drug-likeness (QED) is 0.535. The van der Waals surface area contributed by atoms with E-state index in [-0.39, 0.29) is 13.2 Å². The van der Waals surface area contributed by atoms with Gasteiger partial charge in [-0.2, -0.15) is 13.2 Å². The second-order valence-electron chi connectivity index (χ2n) is 7.40. The number of aliphatic hydroxyl groups is 2. The first-order chi connectivity index (χ1) is 13.3. The molecule has 0 saturated heterocycles. The second-order valence-corrected chi connectivity index (χ2v) is 7.40. The molecule has 0 aliphatic heterocycles. The normalized spacial score (nSPS) is 12.4. The van der Waals surface area contributed by atoms with Crippen LogP contribution in [0.15, 0.2) is 48.5 Å². The lowest BCUT2D eigenvalue weighted by Gasteiger charge is -2.24. The Kier molecular flexibility index (Phi) is 8.04. The highest BCUT2D eigenvalue weighted by molar-refractivity contribution is 5.25. The van der Waals surface area contributed by atoms with Gasteiger partial charge in [-0.05, 0) is 67.3 Å². The molecule has 6 heteroatoms. The molecule has 2 rings (SSSR count). The maximum Gasteiger partial charge on any atom is 0.416 e. The first kappa shape index (κ1) is 22.4. The predicted molar refractivity (Wildman–Crippen MR) is 104 cm³/mol. The molecule has 28 heavy (non-hydrogen) atoms. The molecule has 0 spiro atoms. The fourth-order valence-electron chi connectivity index (χ4n) is 2.99. The Labute approximate surface area is 164 Å². The molecule has 0 saturated carbocycles. The van der Waals surface area contributed by atoms with Crippen molar-refractivity contribution in [3.63, 3.8) is 0 Å². The molecule has 0 aliphatic rings. The number of aliphatic hydroxyl groups excluding tert-OH is 2. The average molecular weight is 395 g/mol. The molecular formula is C22H28F3NO2. The van der Waals surface area contributed by atoms with Crippen molar-refractivity contribution in [2.75, 3.05) is 13.2 Å². The number of benzene rings is 2. The standard InChI is InChI=1S/C22H28F3NO2/c23-22(24,25)20-11-9-18(10-12-20)4-2-1-3-17-5-7-19(8-6-17)13-14-21(26,15-27)16-28/h5-12,27-28H,1-4,13-16,26H2.